The number of halogens is 5. The number of carbonyl (C=O) groups excluding carboxylic acids is 1. The van der Waals surface area contributed by atoms with Gasteiger partial charge in [0.1, 0.15) is 11.5 Å². The summed E-state index contributed by atoms with van der Waals surface area (Å²) in [7, 11) is 1.44. The molecule has 2 aromatic carbocycles. The number of amides is 1. The van der Waals surface area contributed by atoms with Crippen LogP contribution in [-0.4, -0.2) is 15.7 Å². The van der Waals surface area contributed by atoms with Crippen LogP contribution in [-0.2, 0) is 7.05 Å². The van der Waals surface area contributed by atoms with Gasteiger partial charge in [0.2, 0.25) is 5.63 Å². The molecule has 1 atom stereocenters. The van der Waals surface area contributed by atoms with Gasteiger partial charge in [0.15, 0.2) is 11.6 Å². The minimum Gasteiger partial charge on any atom is -0.319 e. The van der Waals surface area contributed by atoms with E-state index in [4.69, 9.17) is 11.6 Å². The molecule has 0 radical (unpaired) electrons. The molecule has 0 spiro atoms. The lowest BCUT2D eigenvalue weighted by Gasteiger charge is -2.13. The van der Waals surface area contributed by atoms with Crippen LogP contribution in [0.1, 0.15) is 21.7 Å². The molecule has 0 aliphatic rings. The number of benzene rings is 2. The van der Waals surface area contributed by atoms with Crippen molar-refractivity contribution >= 4 is 23.2 Å². The Morgan fingerprint density at radius 2 is 1.96 bits per heavy atom. The number of carbonyl (C=O) groups is 1. The number of rotatable bonds is 4. The van der Waals surface area contributed by atoms with Crippen LogP contribution in [0, 0.1) is 17.5 Å². The number of aromatic nitrogens is 2. The summed E-state index contributed by atoms with van der Waals surface area (Å²) in [5.41, 5.74) is -2.90. The van der Waals surface area contributed by atoms with Crippen molar-refractivity contribution in [1.82, 2.24) is 9.78 Å². The van der Waals surface area contributed by atoms with E-state index in [-0.39, 0.29) is 22.4 Å². The van der Waals surface area contributed by atoms with Crippen molar-refractivity contribution in [3.63, 3.8) is 0 Å². The van der Waals surface area contributed by atoms with Crippen LogP contribution in [0.5, 0.6) is 0 Å². The van der Waals surface area contributed by atoms with Gasteiger partial charge in [0.05, 0.1) is 11.3 Å². The minimum atomic E-state index is -2.06. The van der Waals surface area contributed by atoms with Crippen LogP contribution in [0.25, 0.3) is 11.1 Å². The van der Waals surface area contributed by atoms with Crippen LogP contribution in [0.3, 0.4) is 0 Å². The summed E-state index contributed by atoms with van der Waals surface area (Å²) in [4.78, 5) is 12.5. The van der Waals surface area contributed by atoms with Gasteiger partial charge in [-0.2, -0.15) is 5.10 Å². The van der Waals surface area contributed by atoms with Gasteiger partial charge < -0.3 is 5.32 Å². The van der Waals surface area contributed by atoms with Gasteiger partial charge in [-0.3, -0.25) is 9.48 Å². The molecule has 0 bridgehead atoms. The van der Waals surface area contributed by atoms with Crippen molar-refractivity contribution < 1.29 is 22.4 Å². The first-order chi connectivity index (χ1) is 12.8. The van der Waals surface area contributed by atoms with Gasteiger partial charge in [-0.15, -0.1) is 0 Å². The quantitative estimate of drug-likeness (QED) is 0.499. The van der Waals surface area contributed by atoms with Crippen molar-refractivity contribution in [1.29, 1.82) is 0 Å². The highest BCUT2D eigenvalue weighted by Crippen LogP contribution is 2.33. The lowest BCUT2D eigenvalue weighted by atomic mass is 10.0. The molecule has 140 valence electrons. The highest BCUT2D eigenvalue weighted by molar-refractivity contribution is 6.20. The van der Waals surface area contributed by atoms with Crippen LogP contribution in [0.15, 0.2) is 42.6 Å². The Morgan fingerprint density at radius 1 is 1.22 bits per heavy atom. The highest BCUT2D eigenvalue weighted by atomic mass is 35.5. The maximum atomic E-state index is 14.4. The van der Waals surface area contributed by atoms with E-state index >= 15 is 0 Å². The lowest BCUT2D eigenvalue weighted by Crippen LogP contribution is -2.16. The second-order valence-corrected chi connectivity index (χ2v) is 6.03. The predicted molar refractivity (Wildman–Crippen MR) is 92.6 cm³/mol. The molecule has 0 saturated heterocycles. The Morgan fingerprint density at radius 3 is 2.63 bits per heavy atom. The van der Waals surface area contributed by atoms with Crippen LogP contribution in [0.4, 0.5) is 23.2 Å². The van der Waals surface area contributed by atoms with E-state index in [9.17, 15) is 22.4 Å². The van der Waals surface area contributed by atoms with E-state index in [1.165, 1.54) is 37.5 Å². The molecular weight excluding hydrogens is 386 g/mol. The topological polar surface area (TPSA) is 46.9 Å². The molecule has 1 amide bonds. The van der Waals surface area contributed by atoms with Gasteiger partial charge in [-0.05, 0) is 29.8 Å². The minimum absolute atomic E-state index is 0.0508. The van der Waals surface area contributed by atoms with E-state index in [1.54, 1.807) is 0 Å². The fourth-order valence-electron chi connectivity index (χ4n) is 2.59. The van der Waals surface area contributed by atoms with Crippen molar-refractivity contribution in [2.45, 2.75) is 5.63 Å². The zero-order chi connectivity index (χ0) is 19.7. The number of hydrogen-bond donors (Lipinski definition) is 1. The lowest BCUT2D eigenvalue weighted by molar-refractivity contribution is 0.102. The Labute approximate surface area is 156 Å². The third-order valence-corrected chi connectivity index (χ3v) is 3.98. The van der Waals surface area contributed by atoms with Gasteiger partial charge in [0, 0.05) is 18.8 Å². The SMILES string of the molecule is Cn1cc(C(=O)Nc2c(-c3cccc(F)c3)ccc(F)c2F)c(C(F)Cl)n1. The van der Waals surface area contributed by atoms with E-state index in [0.717, 1.165) is 16.8 Å². The largest absolute Gasteiger partial charge is 0.319 e. The summed E-state index contributed by atoms with van der Waals surface area (Å²) in [5.74, 6) is -4.08. The molecule has 1 heterocycles. The fraction of sp³-hybridized carbons (Fsp3) is 0.111. The molecule has 27 heavy (non-hydrogen) atoms. The Kier molecular flexibility index (Phi) is 5.18. The van der Waals surface area contributed by atoms with Gasteiger partial charge in [-0.1, -0.05) is 23.7 Å². The van der Waals surface area contributed by atoms with Crippen molar-refractivity contribution in [3.05, 3.63) is 71.3 Å². The number of aryl methyl sites for hydroxylation is 1. The molecule has 0 fully saturated rings. The monoisotopic (exact) mass is 397 g/mol. The maximum Gasteiger partial charge on any atom is 0.259 e. The van der Waals surface area contributed by atoms with E-state index in [0.29, 0.717) is 0 Å². The molecular formula is C18H12ClF4N3O. The van der Waals surface area contributed by atoms with Crippen molar-refractivity contribution in [2.24, 2.45) is 7.05 Å². The number of hydrogen-bond acceptors (Lipinski definition) is 2. The maximum absolute atomic E-state index is 14.4. The summed E-state index contributed by atoms with van der Waals surface area (Å²) in [5, 5.41) is 5.94. The van der Waals surface area contributed by atoms with E-state index in [2.05, 4.69) is 10.4 Å². The predicted octanol–water partition coefficient (Wildman–Crippen LogP) is 4.96. The van der Waals surface area contributed by atoms with Crippen LogP contribution >= 0.6 is 11.6 Å². The molecule has 9 heteroatoms. The zero-order valence-corrected chi connectivity index (χ0v) is 14.6. The van der Waals surface area contributed by atoms with Crippen LogP contribution < -0.4 is 5.32 Å². The van der Waals surface area contributed by atoms with Crippen LogP contribution in [0.2, 0.25) is 0 Å². The van der Waals surface area contributed by atoms with Gasteiger partial charge in [-0.25, -0.2) is 17.6 Å². The van der Waals surface area contributed by atoms with Gasteiger partial charge >= 0.3 is 0 Å². The Hall–Kier alpha value is -2.87. The van der Waals surface area contributed by atoms with Gasteiger partial charge in [0.25, 0.3) is 5.91 Å². The molecule has 1 N–H and O–H groups in total. The molecule has 1 aromatic heterocycles. The third kappa shape index (κ3) is 3.80. The number of nitrogens with zero attached hydrogens (tertiary/aromatic N) is 2. The molecule has 3 aromatic rings. The fourth-order valence-corrected chi connectivity index (χ4v) is 2.75. The molecule has 3 rings (SSSR count). The average Bonchev–Trinajstić information content (AvgIpc) is 3.01. The van der Waals surface area contributed by atoms with Crippen molar-refractivity contribution in [3.8, 4) is 11.1 Å². The first-order valence-corrected chi connectivity index (χ1v) is 8.08. The summed E-state index contributed by atoms with van der Waals surface area (Å²) < 4.78 is 56.3. The molecule has 4 nitrogen and oxygen atoms in total. The third-order valence-electron chi connectivity index (χ3n) is 3.78. The number of nitrogens with one attached hydrogen (secondary N) is 1. The molecule has 0 aliphatic heterocycles. The van der Waals surface area contributed by atoms with Crippen molar-refractivity contribution in [2.75, 3.05) is 5.32 Å². The smallest absolute Gasteiger partial charge is 0.259 e. The average molecular weight is 398 g/mol. The normalized spacial score (nSPS) is 12.1. The zero-order valence-electron chi connectivity index (χ0n) is 13.8. The Balaban J connectivity index is 2.07. The first-order valence-electron chi connectivity index (χ1n) is 7.65. The van der Waals surface area contributed by atoms with E-state index < -0.39 is 34.7 Å². The highest BCUT2D eigenvalue weighted by Gasteiger charge is 2.24. The molecule has 0 saturated carbocycles. The second kappa shape index (κ2) is 7.40. The summed E-state index contributed by atoms with van der Waals surface area (Å²) in [6.45, 7) is 0. The number of alkyl halides is 2. The molecule has 1 unspecified atom stereocenters. The van der Waals surface area contributed by atoms with E-state index in [1.807, 2.05) is 0 Å². The summed E-state index contributed by atoms with van der Waals surface area (Å²) in [6.07, 6.45) is 1.19. The summed E-state index contributed by atoms with van der Waals surface area (Å²) >= 11 is 5.37. The first kappa shape index (κ1) is 18.9. The second-order valence-electron chi connectivity index (χ2n) is 5.65. The Bertz CT molecular complexity index is 1020. The standard InChI is InChI=1S/C18H12ClF4N3O/c1-26-8-12(16(25-26)17(19)23)18(27)24-15-11(5-6-13(21)14(15)22)9-3-2-4-10(20)7-9/h2-8,17H,1H3,(H,24,27). The molecule has 0 aliphatic carbocycles. The number of anilines is 1. The summed E-state index contributed by atoms with van der Waals surface area (Å²) in [6, 6.07) is 7.21.